The largest absolute Gasteiger partial charge is 0.369 e. The average molecular weight is 474 g/mol. The minimum absolute atomic E-state index is 0.106. The van der Waals surface area contributed by atoms with Crippen molar-refractivity contribution in [3.05, 3.63) is 74.7 Å². The fraction of sp³-hybridized carbons (Fsp3) is 0.167. The molecule has 0 unspecified atom stereocenters. The standard InChI is InChI=1S/C18H18N8O6S/c1-12-14(25(27)28)8-13(9-15(12)26(29)30)33(31,32)23-7-6-20-17-10-18(22-11-21-17)24-16-4-2-3-5-19-16/h2-5,8-11,23H,6-7H2,1H3,(H2,19,20,21,22,24). The number of hydrogen-bond acceptors (Lipinski definition) is 11. The molecule has 3 aromatic rings. The van der Waals surface area contributed by atoms with Gasteiger partial charge in [-0.2, -0.15) is 0 Å². The van der Waals surface area contributed by atoms with Crippen molar-refractivity contribution in [2.45, 2.75) is 11.8 Å². The van der Waals surface area contributed by atoms with E-state index in [-0.39, 0.29) is 18.7 Å². The Hall–Kier alpha value is -4.24. The number of sulfonamides is 1. The first-order chi connectivity index (χ1) is 15.7. The number of rotatable bonds is 10. The van der Waals surface area contributed by atoms with Crippen LogP contribution in [0, 0.1) is 27.2 Å². The number of nitro benzene ring substituents is 2. The molecule has 15 heteroatoms. The van der Waals surface area contributed by atoms with Gasteiger partial charge < -0.3 is 10.6 Å². The SMILES string of the molecule is Cc1c([N+](=O)[O-])cc(S(=O)(=O)NCCNc2cc(Nc3ccccn3)ncn2)cc1[N+](=O)[O-]. The Balaban J connectivity index is 1.64. The van der Waals surface area contributed by atoms with Gasteiger partial charge >= 0.3 is 0 Å². The molecule has 2 heterocycles. The van der Waals surface area contributed by atoms with Crippen LogP contribution in [0.4, 0.5) is 28.8 Å². The number of nitro groups is 2. The van der Waals surface area contributed by atoms with E-state index in [2.05, 4.69) is 30.3 Å². The number of benzene rings is 1. The topological polar surface area (TPSA) is 195 Å². The third kappa shape index (κ3) is 5.92. The Kier molecular flexibility index (Phi) is 7.04. The molecule has 0 amide bonds. The van der Waals surface area contributed by atoms with E-state index in [4.69, 9.17) is 0 Å². The molecule has 0 saturated heterocycles. The second-order valence-electron chi connectivity index (χ2n) is 6.55. The van der Waals surface area contributed by atoms with Gasteiger partial charge in [0.25, 0.3) is 11.4 Å². The molecule has 0 aliphatic heterocycles. The van der Waals surface area contributed by atoms with E-state index in [1.807, 2.05) is 0 Å². The van der Waals surface area contributed by atoms with E-state index in [1.165, 1.54) is 13.3 Å². The maximum Gasteiger partial charge on any atom is 0.280 e. The number of pyridine rings is 1. The number of aromatic nitrogens is 3. The summed E-state index contributed by atoms with van der Waals surface area (Å²) in [4.78, 5) is 32.3. The van der Waals surface area contributed by atoms with Gasteiger partial charge in [-0.1, -0.05) is 6.07 Å². The van der Waals surface area contributed by atoms with Gasteiger partial charge in [0, 0.05) is 37.5 Å². The Labute approximate surface area is 187 Å². The molecule has 14 nitrogen and oxygen atoms in total. The van der Waals surface area contributed by atoms with Crippen LogP contribution in [-0.2, 0) is 10.0 Å². The molecular formula is C18H18N8O6S. The highest BCUT2D eigenvalue weighted by molar-refractivity contribution is 7.89. The van der Waals surface area contributed by atoms with E-state index in [9.17, 15) is 28.6 Å². The summed E-state index contributed by atoms with van der Waals surface area (Å²) >= 11 is 0. The number of nitrogens with zero attached hydrogens (tertiary/aromatic N) is 5. The van der Waals surface area contributed by atoms with E-state index in [0.717, 1.165) is 12.1 Å². The van der Waals surface area contributed by atoms with Crippen molar-refractivity contribution in [2.75, 3.05) is 23.7 Å². The molecule has 3 N–H and O–H groups in total. The Morgan fingerprint density at radius 3 is 2.18 bits per heavy atom. The monoisotopic (exact) mass is 474 g/mol. The van der Waals surface area contributed by atoms with Gasteiger partial charge in [-0.3, -0.25) is 20.2 Å². The van der Waals surface area contributed by atoms with Crippen molar-refractivity contribution < 1.29 is 18.3 Å². The highest BCUT2D eigenvalue weighted by Gasteiger charge is 2.27. The van der Waals surface area contributed by atoms with Crippen LogP contribution in [0.3, 0.4) is 0 Å². The van der Waals surface area contributed by atoms with Crippen molar-refractivity contribution in [2.24, 2.45) is 0 Å². The van der Waals surface area contributed by atoms with Gasteiger partial charge in [0.05, 0.1) is 14.7 Å². The summed E-state index contributed by atoms with van der Waals surface area (Å²) in [7, 11) is -4.24. The van der Waals surface area contributed by atoms with E-state index in [0.29, 0.717) is 17.5 Å². The van der Waals surface area contributed by atoms with Crippen LogP contribution in [0.1, 0.15) is 5.56 Å². The molecule has 172 valence electrons. The molecule has 3 rings (SSSR count). The van der Waals surface area contributed by atoms with E-state index >= 15 is 0 Å². The number of nitrogens with one attached hydrogen (secondary N) is 3. The molecular weight excluding hydrogens is 456 g/mol. The average Bonchev–Trinajstić information content (AvgIpc) is 2.77. The van der Waals surface area contributed by atoms with Gasteiger partial charge in [0.2, 0.25) is 10.0 Å². The number of hydrogen-bond donors (Lipinski definition) is 3. The smallest absolute Gasteiger partial charge is 0.280 e. The fourth-order valence-electron chi connectivity index (χ4n) is 2.74. The zero-order valence-corrected chi connectivity index (χ0v) is 17.9. The quantitative estimate of drug-likeness (QED) is 0.221. The molecule has 0 atom stereocenters. The van der Waals surface area contributed by atoms with Crippen LogP contribution < -0.4 is 15.4 Å². The van der Waals surface area contributed by atoms with Crippen LogP contribution >= 0.6 is 0 Å². The molecule has 0 aliphatic carbocycles. The first kappa shape index (κ1) is 23.4. The maximum absolute atomic E-state index is 12.5. The molecule has 0 aliphatic rings. The summed E-state index contributed by atoms with van der Waals surface area (Å²) in [5.41, 5.74) is -1.54. The van der Waals surface area contributed by atoms with Gasteiger partial charge in [-0.15, -0.1) is 0 Å². The van der Waals surface area contributed by atoms with Crippen molar-refractivity contribution in [3.8, 4) is 0 Å². The van der Waals surface area contributed by atoms with Gasteiger partial charge in [0.1, 0.15) is 29.3 Å². The van der Waals surface area contributed by atoms with Gasteiger partial charge in [-0.25, -0.2) is 28.1 Å². The molecule has 2 aromatic heterocycles. The zero-order chi connectivity index (χ0) is 24.0. The second-order valence-corrected chi connectivity index (χ2v) is 8.32. The lowest BCUT2D eigenvalue weighted by atomic mass is 10.1. The predicted octanol–water partition coefficient (Wildman–Crippen LogP) is 2.13. The molecule has 0 saturated carbocycles. The minimum atomic E-state index is -4.24. The summed E-state index contributed by atoms with van der Waals surface area (Å²) < 4.78 is 27.3. The molecule has 33 heavy (non-hydrogen) atoms. The third-order valence-electron chi connectivity index (χ3n) is 4.34. The van der Waals surface area contributed by atoms with Crippen LogP contribution in [0.15, 0.2) is 53.8 Å². The van der Waals surface area contributed by atoms with Crippen molar-refractivity contribution >= 4 is 38.9 Å². The highest BCUT2D eigenvalue weighted by Crippen LogP contribution is 2.31. The van der Waals surface area contributed by atoms with Crippen LogP contribution in [0.2, 0.25) is 0 Å². The fourth-order valence-corrected chi connectivity index (χ4v) is 3.81. The minimum Gasteiger partial charge on any atom is -0.369 e. The van der Waals surface area contributed by atoms with Crippen molar-refractivity contribution in [1.29, 1.82) is 0 Å². The highest BCUT2D eigenvalue weighted by atomic mass is 32.2. The van der Waals surface area contributed by atoms with Crippen LogP contribution in [0.25, 0.3) is 0 Å². The first-order valence-corrected chi connectivity index (χ1v) is 10.8. The summed E-state index contributed by atoms with van der Waals surface area (Å²) in [6.07, 6.45) is 2.93. The Bertz CT molecular complexity index is 1250. The Morgan fingerprint density at radius 2 is 1.58 bits per heavy atom. The van der Waals surface area contributed by atoms with Crippen molar-refractivity contribution in [1.82, 2.24) is 19.7 Å². The molecule has 0 bridgehead atoms. The predicted molar refractivity (Wildman–Crippen MR) is 118 cm³/mol. The summed E-state index contributed by atoms with van der Waals surface area (Å²) in [6, 6.07) is 8.50. The summed E-state index contributed by atoms with van der Waals surface area (Å²) in [6.45, 7) is 1.17. The Morgan fingerprint density at radius 1 is 0.909 bits per heavy atom. The van der Waals surface area contributed by atoms with Crippen LogP contribution in [0.5, 0.6) is 0 Å². The lowest BCUT2D eigenvalue weighted by Gasteiger charge is -2.10. The molecule has 0 spiro atoms. The third-order valence-corrected chi connectivity index (χ3v) is 5.78. The summed E-state index contributed by atoms with van der Waals surface area (Å²) in [5.74, 6) is 1.45. The van der Waals surface area contributed by atoms with Gasteiger partial charge in [-0.05, 0) is 19.1 Å². The lowest BCUT2D eigenvalue weighted by molar-refractivity contribution is -0.395. The zero-order valence-electron chi connectivity index (χ0n) is 17.1. The molecule has 0 fully saturated rings. The first-order valence-electron chi connectivity index (χ1n) is 9.34. The normalized spacial score (nSPS) is 11.1. The maximum atomic E-state index is 12.5. The van der Waals surface area contributed by atoms with Crippen molar-refractivity contribution in [3.63, 3.8) is 0 Å². The van der Waals surface area contributed by atoms with Crippen LogP contribution in [-0.4, -0.2) is 46.3 Å². The van der Waals surface area contributed by atoms with E-state index < -0.39 is 36.1 Å². The molecule has 1 aromatic carbocycles. The number of anilines is 3. The molecule has 0 radical (unpaired) electrons. The summed E-state index contributed by atoms with van der Waals surface area (Å²) in [5, 5.41) is 28.2. The second kappa shape index (κ2) is 9.92. The van der Waals surface area contributed by atoms with E-state index in [1.54, 1.807) is 30.5 Å². The lowest BCUT2D eigenvalue weighted by Crippen LogP contribution is -2.29. The van der Waals surface area contributed by atoms with Gasteiger partial charge in [0.15, 0.2) is 0 Å².